The molecule has 1 rings (SSSR count). The van der Waals surface area contributed by atoms with Gasteiger partial charge in [-0.2, -0.15) is 0 Å². The molecule has 1 aromatic rings. The number of amides is 1. The monoisotopic (exact) mass is 255 g/mol. The zero-order valence-electron chi connectivity index (χ0n) is 11.1. The first-order valence-corrected chi connectivity index (χ1v) is 6.72. The predicted molar refractivity (Wildman–Crippen MR) is 72.5 cm³/mol. The normalized spacial score (nSPS) is 13.2. The van der Waals surface area contributed by atoms with Gasteiger partial charge in [0.2, 0.25) is 5.91 Å². The molecular formula is C12H21N3OS. The number of hydrogen-bond acceptors (Lipinski definition) is 4. The van der Waals surface area contributed by atoms with Crippen molar-refractivity contribution in [2.75, 3.05) is 5.32 Å². The van der Waals surface area contributed by atoms with Crippen molar-refractivity contribution in [3.8, 4) is 0 Å². The highest BCUT2D eigenvalue weighted by Gasteiger charge is 2.19. The Morgan fingerprint density at radius 2 is 2.18 bits per heavy atom. The summed E-state index contributed by atoms with van der Waals surface area (Å²) in [5.74, 6) is -0.00857. The lowest BCUT2D eigenvalue weighted by molar-refractivity contribution is -0.122. The highest BCUT2D eigenvalue weighted by Crippen LogP contribution is 2.16. The maximum Gasteiger partial charge on any atom is 0.242 e. The summed E-state index contributed by atoms with van der Waals surface area (Å²) in [4.78, 5) is 16.2. The number of rotatable bonds is 4. The third-order valence-corrected chi connectivity index (χ3v) is 2.97. The van der Waals surface area contributed by atoms with Crippen LogP contribution in [0.1, 0.15) is 40.3 Å². The van der Waals surface area contributed by atoms with E-state index in [0.717, 1.165) is 17.2 Å². The summed E-state index contributed by atoms with van der Waals surface area (Å²) in [6.45, 7) is 9.81. The van der Waals surface area contributed by atoms with Crippen LogP contribution in [0.3, 0.4) is 0 Å². The average Bonchev–Trinajstić information content (AvgIpc) is 2.62. The van der Waals surface area contributed by atoms with Crippen LogP contribution in [0, 0.1) is 0 Å². The first-order chi connectivity index (χ1) is 7.81. The van der Waals surface area contributed by atoms with E-state index in [-0.39, 0.29) is 17.5 Å². The summed E-state index contributed by atoms with van der Waals surface area (Å²) in [6.07, 6.45) is 0.917. The molecule has 0 spiro atoms. The number of carbonyl (C=O) groups excluding carboxylic acids is 1. The van der Waals surface area contributed by atoms with Crippen LogP contribution in [0.5, 0.6) is 0 Å². The van der Waals surface area contributed by atoms with Gasteiger partial charge in [0, 0.05) is 10.9 Å². The molecule has 0 aliphatic heterocycles. The van der Waals surface area contributed by atoms with Crippen LogP contribution in [0.2, 0.25) is 0 Å². The minimum atomic E-state index is -0.273. The van der Waals surface area contributed by atoms with Crippen molar-refractivity contribution in [2.45, 2.75) is 52.6 Å². The molecule has 0 aliphatic rings. The Bertz CT molecular complexity index is 381. The van der Waals surface area contributed by atoms with Crippen molar-refractivity contribution in [2.24, 2.45) is 0 Å². The van der Waals surface area contributed by atoms with Crippen molar-refractivity contribution < 1.29 is 4.79 Å². The van der Waals surface area contributed by atoms with Crippen LogP contribution in [0.4, 0.5) is 5.13 Å². The fourth-order valence-electron chi connectivity index (χ4n) is 1.26. The Morgan fingerprint density at radius 1 is 1.53 bits per heavy atom. The van der Waals surface area contributed by atoms with Gasteiger partial charge in [0.25, 0.3) is 0 Å². The van der Waals surface area contributed by atoms with Crippen molar-refractivity contribution in [3.63, 3.8) is 0 Å². The molecule has 0 saturated heterocycles. The van der Waals surface area contributed by atoms with Crippen LogP contribution in [-0.4, -0.2) is 22.5 Å². The smallest absolute Gasteiger partial charge is 0.242 e. The Labute approximate surface area is 107 Å². The quantitative estimate of drug-likeness (QED) is 0.868. The summed E-state index contributed by atoms with van der Waals surface area (Å²) < 4.78 is 0. The molecule has 2 N–H and O–H groups in total. The number of carbonyl (C=O) groups is 1. The van der Waals surface area contributed by atoms with E-state index < -0.39 is 0 Å². The van der Waals surface area contributed by atoms with E-state index in [2.05, 4.69) is 22.5 Å². The number of aryl methyl sites for hydroxylation is 1. The second-order valence-electron chi connectivity index (χ2n) is 5.10. The molecule has 0 aromatic carbocycles. The third-order valence-electron chi connectivity index (χ3n) is 2.15. The van der Waals surface area contributed by atoms with E-state index in [1.54, 1.807) is 0 Å². The van der Waals surface area contributed by atoms with Gasteiger partial charge in [0.1, 0.15) is 6.04 Å². The molecule has 0 bridgehead atoms. The SMILES string of the molecule is CCc1csc(NC(C)C(=O)NC(C)(C)C)n1. The second kappa shape index (κ2) is 5.49. The maximum absolute atomic E-state index is 11.8. The van der Waals surface area contributed by atoms with Gasteiger partial charge in [-0.3, -0.25) is 4.79 Å². The van der Waals surface area contributed by atoms with E-state index in [1.807, 2.05) is 33.1 Å². The van der Waals surface area contributed by atoms with Crippen LogP contribution in [0.25, 0.3) is 0 Å². The summed E-state index contributed by atoms with van der Waals surface area (Å²) in [7, 11) is 0. The largest absolute Gasteiger partial charge is 0.350 e. The maximum atomic E-state index is 11.8. The van der Waals surface area contributed by atoms with Gasteiger partial charge in [-0.25, -0.2) is 4.98 Å². The summed E-state index contributed by atoms with van der Waals surface area (Å²) >= 11 is 1.54. The lowest BCUT2D eigenvalue weighted by Crippen LogP contribution is -2.47. The van der Waals surface area contributed by atoms with Crippen LogP contribution >= 0.6 is 11.3 Å². The molecule has 0 aliphatic carbocycles. The van der Waals surface area contributed by atoms with E-state index in [4.69, 9.17) is 0 Å². The molecule has 4 nitrogen and oxygen atoms in total. The molecule has 1 heterocycles. The molecule has 96 valence electrons. The van der Waals surface area contributed by atoms with Crippen LogP contribution < -0.4 is 10.6 Å². The topological polar surface area (TPSA) is 54.0 Å². The lowest BCUT2D eigenvalue weighted by atomic mass is 10.1. The minimum absolute atomic E-state index is 0.00857. The number of thiazole rings is 1. The first kappa shape index (κ1) is 14.0. The Balaban J connectivity index is 2.54. The molecule has 1 unspecified atom stereocenters. The zero-order chi connectivity index (χ0) is 13.1. The van der Waals surface area contributed by atoms with Gasteiger partial charge in [-0.1, -0.05) is 6.92 Å². The number of hydrogen-bond donors (Lipinski definition) is 2. The number of anilines is 1. The summed E-state index contributed by atoms with van der Waals surface area (Å²) in [5.41, 5.74) is 0.853. The Hall–Kier alpha value is -1.10. The van der Waals surface area contributed by atoms with Crippen molar-refractivity contribution in [1.82, 2.24) is 10.3 Å². The van der Waals surface area contributed by atoms with E-state index in [0.29, 0.717) is 0 Å². The zero-order valence-corrected chi connectivity index (χ0v) is 11.9. The molecule has 0 saturated carbocycles. The molecule has 1 amide bonds. The van der Waals surface area contributed by atoms with E-state index >= 15 is 0 Å². The Kier molecular flexibility index (Phi) is 4.51. The van der Waals surface area contributed by atoms with Gasteiger partial charge in [-0.15, -0.1) is 11.3 Å². The Morgan fingerprint density at radius 3 is 2.65 bits per heavy atom. The lowest BCUT2D eigenvalue weighted by Gasteiger charge is -2.23. The van der Waals surface area contributed by atoms with Gasteiger partial charge >= 0.3 is 0 Å². The number of aromatic nitrogens is 1. The number of nitrogens with zero attached hydrogens (tertiary/aromatic N) is 1. The van der Waals surface area contributed by atoms with Gasteiger partial charge in [0.15, 0.2) is 5.13 Å². The molecule has 5 heteroatoms. The molecule has 0 fully saturated rings. The number of nitrogens with one attached hydrogen (secondary N) is 2. The highest BCUT2D eigenvalue weighted by molar-refractivity contribution is 7.13. The highest BCUT2D eigenvalue weighted by atomic mass is 32.1. The van der Waals surface area contributed by atoms with Gasteiger partial charge < -0.3 is 10.6 Å². The minimum Gasteiger partial charge on any atom is -0.350 e. The summed E-state index contributed by atoms with van der Waals surface area (Å²) in [5, 5.41) is 8.86. The molecule has 1 atom stereocenters. The molecule has 0 radical (unpaired) electrons. The van der Waals surface area contributed by atoms with E-state index in [9.17, 15) is 4.79 Å². The summed E-state index contributed by atoms with van der Waals surface area (Å²) in [6, 6.07) is -0.273. The van der Waals surface area contributed by atoms with Crippen LogP contribution in [-0.2, 0) is 11.2 Å². The third kappa shape index (κ3) is 4.73. The van der Waals surface area contributed by atoms with Crippen molar-refractivity contribution in [1.29, 1.82) is 0 Å². The second-order valence-corrected chi connectivity index (χ2v) is 5.96. The predicted octanol–water partition coefficient (Wildman–Crippen LogP) is 2.42. The molecule has 17 heavy (non-hydrogen) atoms. The van der Waals surface area contributed by atoms with Gasteiger partial charge in [0.05, 0.1) is 5.69 Å². The average molecular weight is 255 g/mol. The van der Waals surface area contributed by atoms with Crippen molar-refractivity contribution in [3.05, 3.63) is 11.1 Å². The van der Waals surface area contributed by atoms with Gasteiger partial charge in [-0.05, 0) is 34.1 Å². The standard InChI is InChI=1S/C12H21N3OS/c1-6-9-7-17-11(14-9)13-8(2)10(16)15-12(3,4)5/h7-8H,6H2,1-5H3,(H,13,14)(H,15,16). The van der Waals surface area contributed by atoms with Crippen molar-refractivity contribution >= 4 is 22.4 Å². The van der Waals surface area contributed by atoms with E-state index in [1.165, 1.54) is 11.3 Å². The van der Waals surface area contributed by atoms with Crippen LogP contribution in [0.15, 0.2) is 5.38 Å². The first-order valence-electron chi connectivity index (χ1n) is 5.85. The molecular weight excluding hydrogens is 234 g/mol. The molecule has 1 aromatic heterocycles. The fraction of sp³-hybridized carbons (Fsp3) is 0.667. The fourth-order valence-corrected chi connectivity index (χ4v) is 2.15.